The van der Waals surface area contributed by atoms with Crippen LogP contribution in [0.5, 0.6) is 0 Å². The third-order valence-corrected chi connectivity index (χ3v) is 7.12. The van der Waals surface area contributed by atoms with Crippen LogP contribution in [0.3, 0.4) is 0 Å². The lowest BCUT2D eigenvalue weighted by Crippen LogP contribution is -2.41. The van der Waals surface area contributed by atoms with E-state index in [-0.39, 0.29) is 17.3 Å². The minimum atomic E-state index is -3.76. The lowest BCUT2D eigenvalue weighted by Gasteiger charge is -2.27. The molecule has 1 fully saturated rings. The van der Waals surface area contributed by atoms with Crippen molar-refractivity contribution in [2.75, 3.05) is 51.6 Å². The van der Waals surface area contributed by atoms with Gasteiger partial charge in [0.1, 0.15) is 0 Å². The van der Waals surface area contributed by atoms with E-state index in [2.05, 4.69) is 4.72 Å². The molecule has 1 aliphatic rings. The van der Waals surface area contributed by atoms with Gasteiger partial charge in [0.25, 0.3) is 5.91 Å². The van der Waals surface area contributed by atoms with Crippen LogP contribution < -0.4 is 9.62 Å². The van der Waals surface area contributed by atoms with E-state index in [0.29, 0.717) is 31.9 Å². The van der Waals surface area contributed by atoms with Gasteiger partial charge < -0.3 is 14.5 Å². The fourth-order valence-electron chi connectivity index (χ4n) is 3.13. The molecule has 0 spiro atoms. The molecule has 0 saturated carbocycles. The highest BCUT2D eigenvalue weighted by Gasteiger charge is 2.24. The Bertz CT molecular complexity index is 986. The number of benzene rings is 2. The van der Waals surface area contributed by atoms with Crippen molar-refractivity contribution in [3.05, 3.63) is 53.6 Å². The van der Waals surface area contributed by atoms with Crippen molar-refractivity contribution in [2.45, 2.75) is 16.3 Å². The Morgan fingerprint density at radius 2 is 1.80 bits per heavy atom. The number of amides is 1. The third kappa shape index (κ3) is 5.34. The van der Waals surface area contributed by atoms with Crippen LogP contribution in [0.4, 0.5) is 5.69 Å². The molecule has 1 aliphatic heterocycles. The van der Waals surface area contributed by atoms with E-state index in [9.17, 15) is 13.2 Å². The van der Waals surface area contributed by atoms with Gasteiger partial charge in [-0.3, -0.25) is 4.79 Å². The molecular weight excluding hydrogens is 422 g/mol. The first kappa shape index (κ1) is 22.6. The highest BCUT2D eigenvalue weighted by molar-refractivity contribution is 7.98. The van der Waals surface area contributed by atoms with Crippen molar-refractivity contribution >= 4 is 33.4 Å². The maximum absolute atomic E-state index is 13.0. The number of nitrogens with one attached hydrogen (secondary N) is 1. The van der Waals surface area contributed by atoms with Crippen LogP contribution in [0.25, 0.3) is 0 Å². The summed E-state index contributed by atoms with van der Waals surface area (Å²) in [7, 11) is 0.139. The van der Waals surface area contributed by atoms with Gasteiger partial charge in [0.2, 0.25) is 10.0 Å². The molecule has 1 heterocycles. The van der Waals surface area contributed by atoms with Crippen molar-refractivity contribution < 1.29 is 17.9 Å². The Morgan fingerprint density at radius 1 is 1.13 bits per heavy atom. The minimum Gasteiger partial charge on any atom is -0.378 e. The van der Waals surface area contributed by atoms with Crippen LogP contribution in [0, 0.1) is 0 Å². The predicted molar refractivity (Wildman–Crippen MR) is 120 cm³/mol. The van der Waals surface area contributed by atoms with Crippen LogP contribution in [-0.4, -0.2) is 65.9 Å². The van der Waals surface area contributed by atoms with E-state index in [1.54, 1.807) is 17.0 Å². The molecule has 0 radical (unpaired) electrons. The second-order valence-electron chi connectivity index (χ2n) is 7.15. The third-order valence-electron chi connectivity index (χ3n) is 4.93. The maximum atomic E-state index is 13.0. The molecule has 1 saturated heterocycles. The van der Waals surface area contributed by atoms with Gasteiger partial charge in [-0.25, -0.2) is 13.1 Å². The molecule has 2 aromatic rings. The van der Waals surface area contributed by atoms with Gasteiger partial charge in [0.15, 0.2) is 0 Å². The van der Waals surface area contributed by atoms with Crippen molar-refractivity contribution in [3.63, 3.8) is 0 Å². The summed E-state index contributed by atoms with van der Waals surface area (Å²) in [4.78, 5) is 17.5. The number of anilines is 1. The number of ether oxygens (including phenoxy) is 1. The van der Waals surface area contributed by atoms with Crippen molar-refractivity contribution in [1.29, 1.82) is 0 Å². The Hall–Kier alpha value is -2.07. The van der Waals surface area contributed by atoms with Gasteiger partial charge in [-0.05, 0) is 42.2 Å². The van der Waals surface area contributed by atoms with Crippen LogP contribution in [0.1, 0.15) is 15.9 Å². The Balaban J connectivity index is 1.78. The lowest BCUT2D eigenvalue weighted by atomic mass is 10.2. The second kappa shape index (κ2) is 9.82. The Morgan fingerprint density at radius 3 is 2.40 bits per heavy atom. The van der Waals surface area contributed by atoms with Gasteiger partial charge >= 0.3 is 0 Å². The van der Waals surface area contributed by atoms with E-state index < -0.39 is 10.0 Å². The molecule has 0 aromatic heterocycles. The summed E-state index contributed by atoms with van der Waals surface area (Å²) >= 11 is 1.42. The molecule has 0 unspecified atom stereocenters. The van der Waals surface area contributed by atoms with Gasteiger partial charge in [-0.2, -0.15) is 0 Å². The number of thioether (sulfide) groups is 1. The quantitative estimate of drug-likeness (QED) is 0.654. The highest BCUT2D eigenvalue weighted by Crippen LogP contribution is 2.25. The van der Waals surface area contributed by atoms with Crippen molar-refractivity contribution in [1.82, 2.24) is 9.62 Å². The number of carbonyl (C=O) groups is 1. The summed E-state index contributed by atoms with van der Waals surface area (Å²) in [5, 5.41) is 0. The normalized spacial score (nSPS) is 14.6. The van der Waals surface area contributed by atoms with E-state index >= 15 is 0 Å². The van der Waals surface area contributed by atoms with Crippen LogP contribution in [-0.2, 0) is 21.3 Å². The average molecular weight is 450 g/mol. The van der Waals surface area contributed by atoms with Gasteiger partial charge in [0.05, 0.1) is 23.7 Å². The fraction of sp³-hybridized carbons (Fsp3) is 0.381. The van der Waals surface area contributed by atoms with Gasteiger partial charge in [0, 0.05) is 44.3 Å². The SMILES string of the molecule is CSc1ccc(S(=O)(=O)NCc2ccc(N(C)C)cc2)cc1C(=O)N1CCOCC1. The highest BCUT2D eigenvalue weighted by atomic mass is 32.2. The molecule has 0 atom stereocenters. The molecule has 7 nitrogen and oxygen atoms in total. The Labute approximate surface area is 182 Å². The number of rotatable bonds is 7. The zero-order valence-electron chi connectivity index (χ0n) is 17.4. The summed E-state index contributed by atoms with van der Waals surface area (Å²) < 4.78 is 33.7. The molecular formula is C21H27N3O4S2. The number of morpholine rings is 1. The number of nitrogens with zero attached hydrogens (tertiary/aromatic N) is 2. The van der Waals surface area contributed by atoms with Gasteiger partial charge in [-0.1, -0.05) is 12.1 Å². The van der Waals surface area contributed by atoms with E-state index in [4.69, 9.17) is 4.74 Å². The fourth-order valence-corrected chi connectivity index (χ4v) is 4.75. The second-order valence-corrected chi connectivity index (χ2v) is 9.77. The minimum absolute atomic E-state index is 0.0850. The maximum Gasteiger partial charge on any atom is 0.255 e. The van der Waals surface area contributed by atoms with Crippen LogP contribution >= 0.6 is 11.8 Å². The molecule has 162 valence electrons. The molecule has 0 aliphatic carbocycles. The van der Waals surface area contributed by atoms with Crippen molar-refractivity contribution in [3.8, 4) is 0 Å². The van der Waals surface area contributed by atoms with Crippen molar-refractivity contribution in [2.24, 2.45) is 0 Å². The summed E-state index contributed by atoms with van der Waals surface area (Å²) in [6, 6.07) is 12.4. The first-order chi connectivity index (χ1) is 14.3. The predicted octanol–water partition coefficient (Wildman–Crippen LogP) is 2.43. The average Bonchev–Trinajstić information content (AvgIpc) is 2.77. The molecule has 1 amide bonds. The molecule has 30 heavy (non-hydrogen) atoms. The number of carbonyl (C=O) groups excluding carboxylic acids is 1. The summed E-state index contributed by atoms with van der Waals surface area (Å²) in [5.41, 5.74) is 2.30. The van der Waals surface area contributed by atoms with Crippen LogP contribution in [0.2, 0.25) is 0 Å². The summed E-state index contributed by atoms with van der Waals surface area (Å²) in [6.45, 7) is 2.17. The first-order valence-electron chi connectivity index (χ1n) is 9.63. The lowest BCUT2D eigenvalue weighted by molar-refractivity contribution is 0.0300. The molecule has 9 heteroatoms. The van der Waals surface area contributed by atoms with E-state index in [0.717, 1.165) is 16.1 Å². The molecule has 1 N–H and O–H groups in total. The topological polar surface area (TPSA) is 79.0 Å². The van der Waals surface area contributed by atoms with E-state index in [1.165, 1.54) is 17.8 Å². The molecule has 2 aromatic carbocycles. The number of sulfonamides is 1. The summed E-state index contributed by atoms with van der Waals surface area (Å²) in [6.07, 6.45) is 1.87. The monoisotopic (exact) mass is 449 g/mol. The zero-order chi connectivity index (χ0) is 21.7. The smallest absolute Gasteiger partial charge is 0.255 e. The number of hydrogen-bond donors (Lipinski definition) is 1. The molecule has 3 rings (SSSR count). The summed E-state index contributed by atoms with van der Waals surface area (Å²) in [5.74, 6) is -0.168. The first-order valence-corrected chi connectivity index (χ1v) is 12.3. The largest absolute Gasteiger partial charge is 0.378 e. The van der Waals surface area contributed by atoms with Gasteiger partial charge in [-0.15, -0.1) is 11.8 Å². The number of hydrogen-bond acceptors (Lipinski definition) is 6. The standard InChI is InChI=1S/C21H27N3O4S2/c1-23(2)17-6-4-16(5-7-17)15-22-30(26,27)18-8-9-20(29-3)19(14-18)21(25)24-10-12-28-13-11-24/h4-9,14,22H,10-13,15H2,1-3H3. The van der Waals surface area contributed by atoms with E-state index in [1.807, 2.05) is 49.5 Å². The molecule has 0 bridgehead atoms. The Kier molecular flexibility index (Phi) is 7.41. The van der Waals surface area contributed by atoms with Crippen LogP contribution in [0.15, 0.2) is 52.3 Å². The zero-order valence-corrected chi connectivity index (χ0v) is 19.1.